The highest BCUT2D eigenvalue weighted by Gasteiger charge is 2.07. The molecule has 0 heterocycles. The van der Waals surface area contributed by atoms with Crippen LogP contribution in [0.1, 0.15) is 28.4 Å². The maximum Gasteiger partial charge on any atom is 0.255 e. The predicted octanol–water partition coefficient (Wildman–Crippen LogP) is 3.68. The van der Waals surface area contributed by atoms with Crippen LogP contribution in [0, 0.1) is 6.92 Å². The van der Waals surface area contributed by atoms with Crippen LogP contribution in [0.25, 0.3) is 0 Å². The second kappa shape index (κ2) is 5.50. The number of anilines is 1. The molecule has 0 unspecified atom stereocenters. The Labute approximate surface area is 108 Å². The van der Waals surface area contributed by atoms with E-state index in [0.29, 0.717) is 5.56 Å². The van der Waals surface area contributed by atoms with Crippen molar-refractivity contribution in [3.8, 4) is 0 Å². The molecule has 91 valence electrons. The van der Waals surface area contributed by atoms with Crippen molar-refractivity contribution >= 4 is 11.6 Å². The van der Waals surface area contributed by atoms with Gasteiger partial charge in [0.05, 0.1) is 0 Å². The van der Waals surface area contributed by atoms with Gasteiger partial charge in [-0.1, -0.05) is 37.3 Å². The van der Waals surface area contributed by atoms with Gasteiger partial charge in [-0.05, 0) is 42.7 Å². The molecule has 0 aromatic heterocycles. The van der Waals surface area contributed by atoms with Crippen molar-refractivity contribution in [2.75, 3.05) is 5.32 Å². The van der Waals surface area contributed by atoms with Crippen LogP contribution in [0.2, 0.25) is 0 Å². The van der Waals surface area contributed by atoms with Crippen molar-refractivity contribution in [2.45, 2.75) is 13.3 Å². The Bertz CT molecular complexity index is 543. The molecule has 0 bridgehead atoms. The van der Waals surface area contributed by atoms with Gasteiger partial charge in [0, 0.05) is 11.3 Å². The van der Waals surface area contributed by atoms with E-state index in [2.05, 4.69) is 19.2 Å². The number of rotatable bonds is 3. The molecule has 2 aromatic rings. The Morgan fingerprint density at radius 1 is 1.11 bits per heavy atom. The minimum absolute atomic E-state index is 0.0871. The molecule has 0 saturated heterocycles. The zero-order valence-corrected chi connectivity index (χ0v) is 10.4. The lowest BCUT2D eigenvalue weighted by molar-refractivity contribution is 0.102. The first-order chi connectivity index (χ1) is 8.70. The third kappa shape index (κ3) is 2.77. The van der Waals surface area contributed by atoms with E-state index in [1.165, 1.54) is 0 Å². The first kappa shape index (κ1) is 12.4. The lowest BCUT2D eigenvalue weighted by Crippen LogP contribution is -2.13. The third-order valence-electron chi connectivity index (χ3n) is 2.86. The van der Waals surface area contributed by atoms with Gasteiger partial charge in [0.2, 0.25) is 0 Å². The van der Waals surface area contributed by atoms with Crippen LogP contribution in [0.3, 0.4) is 0 Å². The van der Waals surface area contributed by atoms with Crippen LogP contribution in [-0.4, -0.2) is 5.91 Å². The maximum atomic E-state index is 12.1. The number of hydrogen-bond acceptors (Lipinski definition) is 1. The predicted molar refractivity (Wildman–Crippen MR) is 74.7 cm³/mol. The SMILES string of the molecule is [CH2]c1ccc(C(=O)Nc2ccccc2CC)cc1. The first-order valence-corrected chi connectivity index (χ1v) is 6.02. The maximum absolute atomic E-state index is 12.1. The Morgan fingerprint density at radius 2 is 1.78 bits per heavy atom. The van der Waals surface area contributed by atoms with E-state index in [-0.39, 0.29) is 5.91 Å². The molecule has 0 fully saturated rings. The summed E-state index contributed by atoms with van der Waals surface area (Å²) in [6.45, 7) is 5.87. The zero-order valence-electron chi connectivity index (χ0n) is 10.4. The van der Waals surface area contributed by atoms with Crippen molar-refractivity contribution < 1.29 is 4.79 Å². The number of amides is 1. The highest BCUT2D eigenvalue weighted by atomic mass is 16.1. The summed E-state index contributed by atoms with van der Waals surface area (Å²) in [5, 5.41) is 2.94. The van der Waals surface area contributed by atoms with Gasteiger partial charge in [-0.15, -0.1) is 0 Å². The summed E-state index contributed by atoms with van der Waals surface area (Å²) in [6.07, 6.45) is 0.897. The lowest BCUT2D eigenvalue weighted by Gasteiger charge is -2.09. The lowest BCUT2D eigenvalue weighted by atomic mass is 10.1. The molecule has 2 nitrogen and oxygen atoms in total. The number of nitrogens with one attached hydrogen (secondary N) is 1. The van der Waals surface area contributed by atoms with E-state index >= 15 is 0 Å². The largest absolute Gasteiger partial charge is 0.322 e. The van der Waals surface area contributed by atoms with Crippen LogP contribution in [-0.2, 0) is 6.42 Å². The van der Waals surface area contributed by atoms with Crippen LogP contribution < -0.4 is 5.32 Å². The molecule has 2 heteroatoms. The van der Waals surface area contributed by atoms with Gasteiger partial charge in [-0.2, -0.15) is 0 Å². The average Bonchev–Trinajstić information content (AvgIpc) is 2.40. The van der Waals surface area contributed by atoms with E-state index in [4.69, 9.17) is 0 Å². The van der Waals surface area contributed by atoms with Crippen molar-refractivity contribution in [3.63, 3.8) is 0 Å². The molecule has 0 spiro atoms. The Morgan fingerprint density at radius 3 is 2.44 bits per heavy atom. The summed E-state index contributed by atoms with van der Waals surface area (Å²) in [5.41, 5.74) is 3.57. The summed E-state index contributed by atoms with van der Waals surface area (Å²) in [6, 6.07) is 15.1. The highest BCUT2D eigenvalue weighted by Crippen LogP contribution is 2.16. The summed E-state index contributed by atoms with van der Waals surface area (Å²) < 4.78 is 0. The van der Waals surface area contributed by atoms with Crippen molar-refractivity contribution in [1.29, 1.82) is 0 Å². The molecule has 1 N–H and O–H groups in total. The smallest absolute Gasteiger partial charge is 0.255 e. The van der Waals surface area contributed by atoms with Crippen LogP contribution in [0.15, 0.2) is 48.5 Å². The fraction of sp³-hybridized carbons (Fsp3) is 0.125. The quantitative estimate of drug-likeness (QED) is 0.868. The fourth-order valence-electron chi connectivity index (χ4n) is 1.80. The molecule has 0 aliphatic heterocycles. The molecule has 0 aliphatic rings. The summed E-state index contributed by atoms with van der Waals surface area (Å²) in [7, 11) is 0. The van der Waals surface area contributed by atoms with Gasteiger partial charge >= 0.3 is 0 Å². The fourth-order valence-corrected chi connectivity index (χ4v) is 1.80. The van der Waals surface area contributed by atoms with E-state index in [0.717, 1.165) is 23.2 Å². The number of aryl methyl sites for hydroxylation is 1. The van der Waals surface area contributed by atoms with Crippen LogP contribution in [0.5, 0.6) is 0 Å². The van der Waals surface area contributed by atoms with Crippen molar-refractivity contribution in [1.82, 2.24) is 0 Å². The molecule has 0 aliphatic carbocycles. The minimum Gasteiger partial charge on any atom is -0.322 e. The van der Waals surface area contributed by atoms with E-state index in [9.17, 15) is 4.79 Å². The summed E-state index contributed by atoms with van der Waals surface area (Å²) in [5.74, 6) is -0.0871. The second-order valence-corrected chi connectivity index (χ2v) is 4.16. The standard InChI is InChI=1S/C16H16NO/c1-3-13-6-4-5-7-15(13)17-16(18)14-10-8-12(2)9-11-14/h4-11H,2-3H2,1H3,(H,17,18). The van der Waals surface area contributed by atoms with Gasteiger partial charge < -0.3 is 5.32 Å². The topological polar surface area (TPSA) is 29.1 Å². The molecule has 18 heavy (non-hydrogen) atoms. The Hall–Kier alpha value is -2.09. The van der Waals surface area contributed by atoms with E-state index in [1.807, 2.05) is 36.4 Å². The average molecular weight is 238 g/mol. The normalized spacial score (nSPS) is 10.1. The molecule has 0 atom stereocenters. The molecular weight excluding hydrogens is 222 g/mol. The first-order valence-electron chi connectivity index (χ1n) is 6.02. The van der Waals surface area contributed by atoms with Gasteiger partial charge in [-0.25, -0.2) is 0 Å². The summed E-state index contributed by atoms with van der Waals surface area (Å²) in [4.78, 5) is 12.1. The van der Waals surface area contributed by atoms with Crippen molar-refractivity contribution in [2.24, 2.45) is 0 Å². The van der Waals surface area contributed by atoms with E-state index in [1.54, 1.807) is 12.1 Å². The number of carbonyl (C=O) groups excluding carboxylic acids is 1. The van der Waals surface area contributed by atoms with Gasteiger partial charge in [0.15, 0.2) is 0 Å². The zero-order chi connectivity index (χ0) is 13.0. The Balaban J connectivity index is 2.18. The number of carbonyl (C=O) groups is 1. The van der Waals surface area contributed by atoms with E-state index < -0.39 is 0 Å². The van der Waals surface area contributed by atoms with Gasteiger partial charge in [0.1, 0.15) is 0 Å². The summed E-state index contributed by atoms with van der Waals surface area (Å²) >= 11 is 0. The van der Waals surface area contributed by atoms with Crippen molar-refractivity contribution in [3.05, 3.63) is 72.1 Å². The Kier molecular flexibility index (Phi) is 3.78. The minimum atomic E-state index is -0.0871. The molecular formula is C16H16NO. The molecule has 1 radical (unpaired) electrons. The molecule has 2 rings (SSSR count). The number of benzene rings is 2. The second-order valence-electron chi connectivity index (χ2n) is 4.16. The number of para-hydroxylation sites is 1. The molecule has 1 amide bonds. The molecule has 2 aromatic carbocycles. The third-order valence-corrected chi connectivity index (χ3v) is 2.86. The van der Waals surface area contributed by atoms with Gasteiger partial charge in [0.25, 0.3) is 5.91 Å². The van der Waals surface area contributed by atoms with Gasteiger partial charge in [-0.3, -0.25) is 4.79 Å². The molecule has 0 saturated carbocycles. The van der Waals surface area contributed by atoms with Crippen LogP contribution >= 0.6 is 0 Å². The highest BCUT2D eigenvalue weighted by molar-refractivity contribution is 6.04. The number of hydrogen-bond donors (Lipinski definition) is 1. The monoisotopic (exact) mass is 238 g/mol. The van der Waals surface area contributed by atoms with Crippen LogP contribution in [0.4, 0.5) is 5.69 Å².